The predicted octanol–water partition coefficient (Wildman–Crippen LogP) is 4.93. The molecule has 0 saturated carbocycles. The second-order valence-corrected chi connectivity index (χ2v) is 8.51. The van der Waals surface area contributed by atoms with E-state index in [0.29, 0.717) is 6.67 Å². The molecule has 2 aromatic carbocycles. The highest BCUT2D eigenvalue weighted by Crippen LogP contribution is 2.33. The maximum Gasteiger partial charge on any atom is 0.275 e. The fraction of sp³-hybridized carbons (Fsp3) is 0.250. The number of hydrogen-bond donors (Lipinski definition) is 0. The smallest absolute Gasteiger partial charge is 0.275 e. The lowest BCUT2D eigenvalue weighted by atomic mass is 10.0. The third-order valence-corrected chi connectivity index (χ3v) is 6.68. The van der Waals surface area contributed by atoms with Crippen LogP contribution in [0.25, 0.3) is 21.3 Å². The van der Waals surface area contributed by atoms with Crippen LogP contribution in [-0.4, -0.2) is 28.3 Å². The molecule has 152 valence electrons. The third-order valence-electron chi connectivity index (χ3n) is 5.80. The van der Waals surface area contributed by atoms with Crippen molar-refractivity contribution in [2.75, 3.05) is 13.7 Å². The first kappa shape index (κ1) is 19.0. The summed E-state index contributed by atoms with van der Waals surface area (Å²) in [6.07, 6.45) is 2.18. The first-order valence-corrected chi connectivity index (χ1v) is 11.0. The Balaban J connectivity index is 1.53. The second-order valence-electron chi connectivity index (χ2n) is 7.56. The van der Waals surface area contributed by atoms with E-state index in [9.17, 15) is 4.79 Å². The van der Waals surface area contributed by atoms with Crippen LogP contribution in [0.15, 0.2) is 70.8 Å². The highest BCUT2D eigenvalue weighted by Gasteiger charge is 2.27. The number of ether oxygens (including phenoxy) is 1. The summed E-state index contributed by atoms with van der Waals surface area (Å²) in [5.41, 5.74) is 2.09. The Kier molecular flexibility index (Phi) is 5.11. The Bertz CT molecular complexity index is 1220. The zero-order valence-electron chi connectivity index (χ0n) is 16.8. The van der Waals surface area contributed by atoms with E-state index in [-0.39, 0.29) is 11.6 Å². The van der Waals surface area contributed by atoms with Gasteiger partial charge in [0.25, 0.3) is 5.56 Å². The molecule has 0 radical (unpaired) electrons. The summed E-state index contributed by atoms with van der Waals surface area (Å²) in [4.78, 5) is 16.7. The Morgan fingerprint density at radius 1 is 1.07 bits per heavy atom. The van der Waals surface area contributed by atoms with E-state index in [2.05, 4.69) is 23.1 Å². The molecule has 0 aliphatic carbocycles. The monoisotopic (exact) mass is 417 g/mol. The van der Waals surface area contributed by atoms with Crippen LogP contribution in [0.4, 0.5) is 0 Å². The molecule has 2 aromatic heterocycles. The van der Waals surface area contributed by atoms with Gasteiger partial charge in [-0.1, -0.05) is 36.4 Å². The van der Waals surface area contributed by atoms with Gasteiger partial charge < -0.3 is 4.74 Å². The summed E-state index contributed by atoms with van der Waals surface area (Å²) in [6.45, 7) is 1.44. The Labute approximate surface area is 179 Å². The molecule has 0 spiro atoms. The van der Waals surface area contributed by atoms with Crippen molar-refractivity contribution in [1.82, 2.24) is 14.7 Å². The summed E-state index contributed by atoms with van der Waals surface area (Å²) in [6, 6.07) is 20.4. The van der Waals surface area contributed by atoms with Gasteiger partial charge in [0.2, 0.25) is 0 Å². The molecule has 0 bridgehead atoms. The molecular formula is C24H23N3O2S. The molecule has 6 heteroatoms. The lowest BCUT2D eigenvalue weighted by Gasteiger charge is -2.25. The minimum absolute atomic E-state index is 0.0358. The summed E-state index contributed by atoms with van der Waals surface area (Å²) < 4.78 is 6.93. The summed E-state index contributed by atoms with van der Waals surface area (Å²) >= 11 is 1.65. The topological polar surface area (TPSA) is 47.4 Å². The zero-order chi connectivity index (χ0) is 20.5. The number of rotatable bonds is 5. The van der Waals surface area contributed by atoms with Gasteiger partial charge in [-0.25, -0.2) is 4.68 Å². The van der Waals surface area contributed by atoms with Crippen molar-refractivity contribution in [3.05, 3.63) is 82.0 Å². The molecule has 1 aliphatic heterocycles. The van der Waals surface area contributed by atoms with Crippen molar-refractivity contribution in [3.8, 4) is 16.3 Å². The number of benzene rings is 2. The molecule has 5 rings (SSSR count). The average Bonchev–Trinajstić information content (AvgIpc) is 3.48. The van der Waals surface area contributed by atoms with Gasteiger partial charge in [-0.05, 0) is 48.1 Å². The van der Waals surface area contributed by atoms with Crippen LogP contribution >= 0.6 is 11.3 Å². The second kappa shape index (κ2) is 8.05. The number of aromatic nitrogens is 2. The minimum Gasteiger partial charge on any atom is -0.497 e. The van der Waals surface area contributed by atoms with Crippen LogP contribution in [0, 0.1) is 0 Å². The zero-order valence-corrected chi connectivity index (χ0v) is 17.6. The first-order valence-electron chi connectivity index (χ1n) is 10.2. The van der Waals surface area contributed by atoms with E-state index in [4.69, 9.17) is 9.84 Å². The van der Waals surface area contributed by atoms with Crippen molar-refractivity contribution in [3.63, 3.8) is 0 Å². The van der Waals surface area contributed by atoms with Crippen LogP contribution in [0.5, 0.6) is 5.75 Å². The quantitative estimate of drug-likeness (QED) is 0.462. The highest BCUT2D eigenvalue weighted by atomic mass is 32.1. The molecule has 4 aromatic rings. The highest BCUT2D eigenvalue weighted by molar-refractivity contribution is 7.13. The van der Waals surface area contributed by atoms with Crippen LogP contribution < -0.4 is 10.3 Å². The number of methoxy groups -OCH3 is 1. The van der Waals surface area contributed by atoms with E-state index >= 15 is 0 Å². The molecule has 3 heterocycles. The van der Waals surface area contributed by atoms with Gasteiger partial charge in [0.15, 0.2) is 0 Å². The van der Waals surface area contributed by atoms with E-state index in [1.165, 1.54) is 5.56 Å². The Hall–Kier alpha value is -2.96. The van der Waals surface area contributed by atoms with E-state index < -0.39 is 0 Å². The molecule has 1 aliphatic rings. The fourth-order valence-corrected chi connectivity index (χ4v) is 5.02. The molecule has 1 fully saturated rings. The number of likely N-dealkylation sites (tertiary alicyclic amines) is 1. The largest absolute Gasteiger partial charge is 0.497 e. The van der Waals surface area contributed by atoms with E-state index in [1.54, 1.807) is 23.1 Å². The van der Waals surface area contributed by atoms with Gasteiger partial charge >= 0.3 is 0 Å². The minimum atomic E-state index is -0.0358. The molecule has 0 N–H and O–H groups in total. The third kappa shape index (κ3) is 3.42. The van der Waals surface area contributed by atoms with Gasteiger partial charge in [-0.2, -0.15) is 5.10 Å². The maximum atomic E-state index is 13.2. The molecule has 1 unspecified atom stereocenters. The predicted molar refractivity (Wildman–Crippen MR) is 121 cm³/mol. The molecule has 1 atom stereocenters. The molecular weight excluding hydrogens is 394 g/mol. The lowest BCUT2D eigenvalue weighted by Crippen LogP contribution is -2.34. The van der Waals surface area contributed by atoms with Crippen LogP contribution in [0.3, 0.4) is 0 Å². The normalized spacial score (nSPS) is 16.9. The summed E-state index contributed by atoms with van der Waals surface area (Å²) in [7, 11) is 1.68. The average molecular weight is 418 g/mol. The van der Waals surface area contributed by atoms with E-state index in [1.807, 2.05) is 47.8 Å². The molecule has 1 saturated heterocycles. The number of thiophene rings is 1. The Morgan fingerprint density at radius 2 is 1.87 bits per heavy atom. The van der Waals surface area contributed by atoms with Gasteiger partial charge in [0, 0.05) is 18.0 Å². The summed E-state index contributed by atoms with van der Waals surface area (Å²) in [5.74, 6) is 0.858. The SMILES string of the molecule is COc1ccc(C2CCCN2Cn2nc(-c3cccs3)c3ccccc3c2=O)cc1. The van der Waals surface area contributed by atoms with E-state index in [0.717, 1.165) is 46.5 Å². The van der Waals surface area contributed by atoms with Crippen molar-refractivity contribution in [2.24, 2.45) is 0 Å². The lowest BCUT2D eigenvalue weighted by molar-refractivity contribution is 0.188. The molecule has 30 heavy (non-hydrogen) atoms. The van der Waals surface area contributed by atoms with Crippen molar-refractivity contribution >= 4 is 22.1 Å². The number of nitrogens with zero attached hydrogens (tertiary/aromatic N) is 3. The Morgan fingerprint density at radius 3 is 2.60 bits per heavy atom. The number of fused-ring (bicyclic) bond motifs is 1. The molecule has 5 nitrogen and oxygen atoms in total. The van der Waals surface area contributed by atoms with Crippen molar-refractivity contribution in [1.29, 1.82) is 0 Å². The van der Waals surface area contributed by atoms with Crippen molar-refractivity contribution in [2.45, 2.75) is 25.6 Å². The van der Waals surface area contributed by atoms with Gasteiger partial charge in [0.05, 0.1) is 24.0 Å². The molecule has 0 amide bonds. The first-order chi connectivity index (χ1) is 14.7. The van der Waals surface area contributed by atoms with Crippen LogP contribution in [0.1, 0.15) is 24.4 Å². The standard InChI is InChI=1S/C24H23N3O2S/c1-29-18-12-10-17(11-13-18)21-8-4-14-26(21)16-27-24(28)20-7-3-2-6-19(20)23(25-27)22-9-5-15-30-22/h2-3,5-7,9-13,15,21H,4,8,14,16H2,1H3. The van der Waals surface area contributed by atoms with Crippen LogP contribution in [-0.2, 0) is 6.67 Å². The fourth-order valence-electron chi connectivity index (χ4n) is 4.30. The van der Waals surface area contributed by atoms with Gasteiger partial charge in [-0.15, -0.1) is 11.3 Å². The maximum absolute atomic E-state index is 13.2. The van der Waals surface area contributed by atoms with Gasteiger partial charge in [-0.3, -0.25) is 9.69 Å². The van der Waals surface area contributed by atoms with Gasteiger partial charge in [0.1, 0.15) is 11.4 Å². The van der Waals surface area contributed by atoms with Crippen molar-refractivity contribution < 1.29 is 4.74 Å². The number of hydrogen-bond acceptors (Lipinski definition) is 5. The van der Waals surface area contributed by atoms with Crippen LogP contribution in [0.2, 0.25) is 0 Å². The summed E-state index contributed by atoms with van der Waals surface area (Å²) in [5, 5.41) is 8.49.